The van der Waals surface area contributed by atoms with Crippen molar-refractivity contribution in [2.75, 3.05) is 13.7 Å². The fraction of sp³-hybridized carbons (Fsp3) is 0.583. The molecule has 0 radical (unpaired) electrons. The summed E-state index contributed by atoms with van der Waals surface area (Å²) in [5.74, 6) is 2.17. The fourth-order valence-electron chi connectivity index (χ4n) is 2.26. The zero-order chi connectivity index (χ0) is 22.6. The van der Waals surface area contributed by atoms with Crippen LogP contribution in [0.4, 0.5) is 0 Å². The number of nitrogens with zero attached hydrogens (tertiary/aromatic N) is 1. The van der Waals surface area contributed by atoms with E-state index in [-0.39, 0.29) is 17.9 Å². The number of carbonyl (C=O) groups is 2. The molecule has 2 atom stereocenters. The highest BCUT2D eigenvalue weighted by Gasteiger charge is 2.31. The summed E-state index contributed by atoms with van der Waals surface area (Å²) in [6, 6.07) is 6.96. The predicted molar refractivity (Wildman–Crippen MR) is 122 cm³/mol. The molecule has 1 saturated heterocycles. The number of hydrogen-bond acceptors (Lipinski definition) is 3. The molecule has 29 heavy (non-hydrogen) atoms. The number of amides is 2. The van der Waals surface area contributed by atoms with E-state index in [0.717, 1.165) is 23.1 Å². The summed E-state index contributed by atoms with van der Waals surface area (Å²) >= 11 is 0. The van der Waals surface area contributed by atoms with Crippen molar-refractivity contribution in [3.05, 3.63) is 35.9 Å². The molecule has 1 heterocycles. The monoisotopic (exact) mass is 404 g/mol. The number of carbonyl (C=O) groups excluding carboxylic acids is 2. The Hall–Kier alpha value is -2.30. The lowest BCUT2D eigenvalue weighted by molar-refractivity contribution is -0.140. The summed E-state index contributed by atoms with van der Waals surface area (Å²) in [5, 5.41) is 2.83. The fourth-order valence-corrected chi connectivity index (χ4v) is 2.26. The normalized spacial score (nSPS) is 18.6. The van der Waals surface area contributed by atoms with Crippen LogP contribution in [-0.2, 0) is 9.59 Å². The van der Waals surface area contributed by atoms with Crippen molar-refractivity contribution in [1.29, 1.82) is 0 Å². The lowest BCUT2D eigenvalue weighted by Crippen LogP contribution is -2.59. The molecule has 1 aliphatic rings. The van der Waals surface area contributed by atoms with Crippen molar-refractivity contribution in [2.45, 2.75) is 67.5 Å². The molecule has 0 aliphatic carbocycles. The van der Waals surface area contributed by atoms with Crippen molar-refractivity contribution < 1.29 is 14.3 Å². The molecule has 1 aliphatic heterocycles. The molecule has 164 valence electrons. The molecule has 5 heteroatoms. The van der Waals surface area contributed by atoms with E-state index >= 15 is 0 Å². The predicted octanol–water partition coefficient (Wildman–Crippen LogP) is 4.77. The quantitative estimate of drug-likeness (QED) is 0.738. The van der Waals surface area contributed by atoms with Gasteiger partial charge >= 0.3 is 0 Å². The van der Waals surface area contributed by atoms with E-state index in [0.29, 0.717) is 6.54 Å². The molecule has 2 amide bonds. The first-order chi connectivity index (χ1) is 13.5. The maximum absolute atomic E-state index is 12.2. The van der Waals surface area contributed by atoms with E-state index in [4.69, 9.17) is 4.74 Å². The third kappa shape index (κ3) is 12.0. The van der Waals surface area contributed by atoms with Gasteiger partial charge in [0.05, 0.1) is 7.11 Å². The Morgan fingerprint density at radius 2 is 1.55 bits per heavy atom. The second-order valence-electron chi connectivity index (χ2n) is 8.65. The molecular weight excluding hydrogens is 364 g/mol. The Morgan fingerprint density at radius 1 is 1.07 bits per heavy atom. The maximum Gasteiger partial charge on any atom is 0.247 e. The summed E-state index contributed by atoms with van der Waals surface area (Å²) in [5.41, 5.74) is 0.909. The van der Waals surface area contributed by atoms with E-state index in [9.17, 15) is 9.59 Å². The summed E-state index contributed by atoms with van der Waals surface area (Å²) in [7, 11) is 1.61. The summed E-state index contributed by atoms with van der Waals surface area (Å²) in [6.45, 7) is 17.1. The lowest BCUT2D eigenvalue weighted by atomic mass is 10.1. The van der Waals surface area contributed by atoms with Gasteiger partial charge in [-0.1, -0.05) is 53.7 Å². The number of hydrogen-bond donors (Lipinski definition) is 1. The van der Waals surface area contributed by atoms with Crippen LogP contribution < -0.4 is 10.1 Å². The number of rotatable bonds is 3. The van der Waals surface area contributed by atoms with Crippen LogP contribution in [0.5, 0.6) is 5.75 Å². The second kappa shape index (κ2) is 13.8. The highest BCUT2D eigenvalue weighted by molar-refractivity contribution is 5.96. The van der Waals surface area contributed by atoms with Crippen molar-refractivity contribution >= 4 is 17.9 Å². The van der Waals surface area contributed by atoms with Crippen LogP contribution in [0.15, 0.2) is 30.3 Å². The van der Waals surface area contributed by atoms with Crippen molar-refractivity contribution in [3.63, 3.8) is 0 Å². The zero-order valence-electron chi connectivity index (χ0n) is 19.7. The first-order valence-electron chi connectivity index (χ1n) is 10.4. The largest absolute Gasteiger partial charge is 0.497 e. The maximum atomic E-state index is 12.2. The minimum Gasteiger partial charge on any atom is -0.497 e. The van der Waals surface area contributed by atoms with Gasteiger partial charge in [0.15, 0.2) is 0 Å². The van der Waals surface area contributed by atoms with E-state index in [1.807, 2.05) is 31.2 Å². The van der Waals surface area contributed by atoms with E-state index in [1.165, 1.54) is 6.08 Å². The van der Waals surface area contributed by atoms with Gasteiger partial charge in [-0.25, -0.2) is 0 Å². The van der Waals surface area contributed by atoms with Gasteiger partial charge in [0.2, 0.25) is 11.8 Å². The Balaban J connectivity index is 0.000000837. The molecule has 1 N–H and O–H groups in total. The van der Waals surface area contributed by atoms with Gasteiger partial charge in [-0.2, -0.15) is 0 Å². The number of piperazine rings is 1. The molecule has 0 spiro atoms. The van der Waals surface area contributed by atoms with E-state index < -0.39 is 6.04 Å². The number of methoxy groups -OCH3 is 1. The molecule has 2 unspecified atom stereocenters. The van der Waals surface area contributed by atoms with Gasteiger partial charge in [0.1, 0.15) is 11.8 Å². The topological polar surface area (TPSA) is 58.6 Å². The molecule has 0 bridgehead atoms. The van der Waals surface area contributed by atoms with Gasteiger partial charge in [-0.15, -0.1) is 0 Å². The Labute approximate surface area is 177 Å². The first kappa shape index (κ1) is 26.7. The van der Waals surface area contributed by atoms with Gasteiger partial charge in [0.25, 0.3) is 0 Å². The summed E-state index contributed by atoms with van der Waals surface area (Å²) < 4.78 is 5.08. The molecule has 0 aromatic heterocycles. The van der Waals surface area contributed by atoms with Crippen LogP contribution in [-0.4, -0.2) is 42.5 Å². The number of nitrogens with one attached hydrogen (secondary N) is 1. The van der Waals surface area contributed by atoms with Crippen molar-refractivity contribution in [3.8, 4) is 5.75 Å². The van der Waals surface area contributed by atoms with Gasteiger partial charge in [-0.05, 0) is 49.5 Å². The molecule has 5 nitrogen and oxygen atoms in total. The van der Waals surface area contributed by atoms with Crippen LogP contribution in [0.1, 0.15) is 61.0 Å². The van der Waals surface area contributed by atoms with Gasteiger partial charge < -0.3 is 15.0 Å². The van der Waals surface area contributed by atoms with Crippen LogP contribution in [0.2, 0.25) is 0 Å². The summed E-state index contributed by atoms with van der Waals surface area (Å²) in [6.07, 6.45) is 3.25. The first-order valence-corrected chi connectivity index (χ1v) is 10.4. The number of ether oxygens (including phenoxy) is 1. The van der Waals surface area contributed by atoms with E-state index in [2.05, 4.69) is 46.9 Å². The Kier molecular flexibility index (Phi) is 12.7. The molecular formula is C24H40N2O3. The summed E-state index contributed by atoms with van der Waals surface area (Å²) in [4.78, 5) is 25.5. The minimum absolute atomic E-state index is 0.0213. The van der Waals surface area contributed by atoms with Crippen LogP contribution >= 0.6 is 0 Å². The third-order valence-electron chi connectivity index (χ3n) is 3.52. The second-order valence-corrected chi connectivity index (χ2v) is 8.65. The third-order valence-corrected chi connectivity index (χ3v) is 3.52. The molecule has 1 aromatic carbocycles. The zero-order valence-corrected chi connectivity index (χ0v) is 19.7. The molecule has 1 fully saturated rings. The Morgan fingerprint density at radius 3 is 2.00 bits per heavy atom. The molecule has 2 rings (SSSR count). The highest BCUT2D eigenvalue weighted by Crippen LogP contribution is 2.13. The lowest BCUT2D eigenvalue weighted by Gasteiger charge is -2.35. The average Bonchev–Trinajstić information content (AvgIpc) is 2.62. The minimum atomic E-state index is -0.436. The van der Waals surface area contributed by atoms with Crippen molar-refractivity contribution in [1.82, 2.24) is 10.2 Å². The standard InChI is InChI=1S/C16H20N2O3.2C4H10/c1-11-10-18(12(2)16(20)17-11)15(19)9-6-13-4-7-14(21-3)8-5-13;2*1-4(2)3/h4-9,11-12H,10H2,1-3H3,(H,17,20);2*4H,1-3H3/b9-6+;;. The molecule has 1 aromatic rings. The van der Waals surface area contributed by atoms with E-state index in [1.54, 1.807) is 25.0 Å². The van der Waals surface area contributed by atoms with Crippen molar-refractivity contribution in [2.24, 2.45) is 11.8 Å². The van der Waals surface area contributed by atoms with Gasteiger partial charge in [-0.3, -0.25) is 9.59 Å². The van der Waals surface area contributed by atoms with Crippen LogP contribution in [0, 0.1) is 11.8 Å². The number of benzene rings is 1. The van der Waals surface area contributed by atoms with Crippen LogP contribution in [0.25, 0.3) is 6.08 Å². The Bertz CT molecular complexity index is 625. The van der Waals surface area contributed by atoms with Crippen LogP contribution in [0.3, 0.4) is 0 Å². The average molecular weight is 405 g/mol. The smallest absolute Gasteiger partial charge is 0.247 e. The highest BCUT2D eigenvalue weighted by atomic mass is 16.5. The molecule has 0 saturated carbocycles. The SMILES string of the molecule is CC(C)C.CC(C)C.COc1ccc(/C=C/C(=O)N2CC(C)NC(=O)C2C)cc1. The van der Waals surface area contributed by atoms with Gasteiger partial charge in [0, 0.05) is 18.7 Å².